The first-order valence-corrected chi connectivity index (χ1v) is 7.71. The SMILES string of the molecule is Cc1ccc(C2(C(=O)N3CCOC[C@@H]3CC(=O)O)CC2)cc1. The first-order valence-electron chi connectivity index (χ1n) is 7.71. The number of aryl methyl sites for hydroxylation is 1. The van der Waals surface area contributed by atoms with Gasteiger partial charge in [-0.25, -0.2) is 0 Å². The number of benzene rings is 1. The van der Waals surface area contributed by atoms with E-state index < -0.39 is 11.4 Å². The third-order valence-corrected chi connectivity index (χ3v) is 4.66. The second-order valence-electron chi connectivity index (χ2n) is 6.27. The average molecular weight is 303 g/mol. The molecule has 1 saturated heterocycles. The van der Waals surface area contributed by atoms with E-state index in [-0.39, 0.29) is 18.4 Å². The van der Waals surface area contributed by atoms with Gasteiger partial charge < -0.3 is 14.7 Å². The van der Waals surface area contributed by atoms with Crippen molar-refractivity contribution in [1.29, 1.82) is 0 Å². The van der Waals surface area contributed by atoms with Crippen LogP contribution >= 0.6 is 0 Å². The Bertz CT molecular complexity index is 577. The van der Waals surface area contributed by atoms with Crippen molar-refractivity contribution in [3.63, 3.8) is 0 Å². The minimum absolute atomic E-state index is 0.0598. The van der Waals surface area contributed by atoms with Crippen molar-refractivity contribution in [3.8, 4) is 0 Å². The summed E-state index contributed by atoms with van der Waals surface area (Å²) in [5.74, 6) is -0.834. The Labute approximate surface area is 129 Å². The van der Waals surface area contributed by atoms with Gasteiger partial charge in [-0.3, -0.25) is 9.59 Å². The van der Waals surface area contributed by atoms with Crippen LogP contribution in [0.25, 0.3) is 0 Å². The summed E-state index contributed by atoms with van der Waals surface area (Å²) in [5.41, 5.74) is 1.77. The molecule has 1 aromatic carbocycles. The zero-order valence-electron chi connectivity index (χ0n) is 12.7. The van der Waals surface area contributed by atoms with Crippen LogP contribution in [0.3, 0.4) is 0 Å². The maximum atomic E-state index is 13.0. The Kier molecular flexibility index (Phi) is 3.91. The summed E-state index contributed by atoms with van der Waals surface area (Å²) in [6, 6.07) is 7.73. The monoisotopic (exact) mass is 303 g/mol. The fourth-order valence-corrected chi connectivity index (χ4v) is 3.19. The largest absolute Gasteiger partial charge is 0.481 e. The molecule has 0 aromatic heterocycles. The molecule has 1 aliphatic heterocycles. The molecule has 5 nitrogen and oxygen atoms in total. The summed E-state index contributed by atoms with van der Waals surface area (Å²) in [7, 11) is 0. The van der Waals surface area contributed by atoms with Gasteiger partial charge in [0, 0.05) is 6.54 Å². The first-order chi connectivity index (χ1) is 10.5. The van der Waals surface area contributed by atoms with E-state index in [4.69, 9.17) is 9.84 Å². The van der Waals surface area contributed by atoms with Crippen molar-refractivity contribution in [2.24, 2.45) is 0 Å². The third kappa shape index (κ3) is 2.73. The van der Waals surface area contributed by atoms with E-state index >= 15 is 0 Å². The fraction of sp³-hybridized carbons (Fsp3) is 0.529. The molecule has 0 radical (unpaired) electrons. The van der Waals surface area contributed by atoms with Crippen molar-refractivity contribution in [2.45, 2.75) is 37.6 Å². The topological polar surface area (TPSA) is 66.8 Å². The quantitative estimate of drug-likeness (QED) is 0.920. The molecule has 118 valence electrons. The number of ether oxygens (including phenoxy) is 1. The van der Waals surface area contributed by atoms with Gasteiger partial charge in [0.1, 0.15) is 0 Å². The van der Waals surface area contributed by atoms with E-state index in [1.54, 1.807) is 4.90 Å². The lowest BCUT2D eigenvalue weighted by atomic mass is 9.92. The highest BCUT2D eigenvalue weighted by Crippen LogP contribution is 2.50. The van der Waals surface area contributed by atoms with Crippen molar-refractivity contribution in [3.05, 3.63) is 35.4 Å². The lowest BCUT2D eigenvalue weighted by Crippen LogP contribution is -2.52. The van der Waals surface area contributed by atoms with Gasteiger partial charge in [0.05, 0.1) is 31.1 Å². The summed E-state index contributed by atoms with van der Waals surface area (Å²) < 4.78 is 5.36. The summed E-state index contributed by atoms with van der Waals surface area (Å²) in [6.07, 6.45) is 1.62. The number of carbonyl (C=O) groups is 2. The molecule has 1 saturated carbocycles. The number of carboxylic acids is 1. The van der Waals surface area contributed by atoms with E-state index in [2.05, 4.69) is 0 Å². The lowest BCUT2D eigenvalue weighted by Gasteiger charge is -2.37. The number of carboxylic acid groups (broad SMARTS) is 1. The molecule has 5 heteroatoms. The highest BCUT2D eigenvalue weighted by Gasteiger charge is 2.54. The molecule has 2 fully saturated rings. The normalized spacial score (nSPS) is 23.1. The summed E-state index contributed by atoms with van der Waals surface area (Å²) in [4.78, 5) is 25.8. The molecule has 1 N–H and O–H groups in total. The number of morpholine rings is 1. The van der Waals surface area contributed by atoms with Crippen molar-refractivity contribution in [2.75, 3.05) is 19.8 Å². The molecule has 2 aliphatic rings. The van der Waals surface area contributed by atoms with Gasteiger partial charge in [0.25, 0.3) is 0 Å². The minimum Gasteiger partial charge on any atom is -0.481 e. The molecule has 1 atom stereocenters. The van der Waals surface area contributed by atoms with Gasteiger partial charge in [-0.15, -0.1) is 0 Å². The van der Waals surface area contributed by atoms with Crippen LogP contribution < -0.4 is 0 Å². The Hall–Kier alpha value is -1.88. The van der Waals surface area contributed by atoms with Gasteiger partial charge in [-0.2, -0.15) is 0 Å². The molecule has 1 aromatic rings. The fourth-order valence-electron chi connectivity index (χ4n) is 3.19. The molecular formula is C17H21NO4. The molecule has 1 heterocycles. The van der Waals surface area contributed by atoms with Crippen LogP contribution in [0.4, 0.5) is 0 Å². The van der Waals surface area contributed by atoms with Gasteiger partial charge >= 0.3 is 5.97 Å². The van der Waals surface area contributed by atoms with Crippen LogP contribution in [0.1, 0.15) is 30.4 Å². The summed E-state index contributed by atoms with van der Waals surface area (Å²) >= 11 is 0. The summed E-state index contributed by atoms with van der Waals surface area (Å²) in [5, 5.41) is 9.04. The molecule has 0 bridgehead atoms. The highest BCUT2D eigenvalue weighted by molar-refractivity contribution is 5.92. The number of nitrogens with zero attached hydrogens (tertiary/aromatic N) is 1. The second kappa shape index (κ2) is 5.72. The zero-order chi connectivity index (χ0) is 15.7. The number of amides is 1. The minimum atomic E-state index is -0.895. The van der Waals surface area contributed by atoms with Crippen molar-refractivity contribution < 1.29 is 19.4 Å². The van der Waals surface area contributed by atoms with E-state index in [0.29, 0.717) is 19.8 Å². The highest BCUT2D eigenvalue weighted by atomic mass is 16.5. The average Bonchev–Trinajstić information content (AvgIpc) is 3.29. The number of hydrogen-bond acceptors (Lipinski definition) is 3. The van der Waals surface area contributed by atoms with E-state index in [1.807, 2.05) is 31.2 Å². The second-order valence-corrected chi connectivity index (χ2v) is 6.27. The maximum absolute atomic E-state index is 13.0. The van der Waals surface area contributed by atoms with E-state index in [1.165, 1.54) is 5.56 Å². The van der Waals surface area contributed by atoms with E-state index in [9.17, 15) is 9.59 Å². The molecule has 22 heavy (non-hydrogen) atoms. The Morgan fingerprint density at radius 3 is 2.59 bits per heavy atom. The Morgan fingerprint density at radius 2 is 2.00 bits per heavy atom. The molecular weight excluding hydrogens is 282 g/mol. The van der Waals surface area contributed by atoms with Crippen molar-refractivity contribution in [1.82, 2.24) is 4.90 Å². The number of rotatable bonds is 4. The smallest absolute Gasteiger partial charge is 0.305 e. The van der Waals surface area contributed by atoms with Gasteiger partial charge in [-0.05, 0) is 25.3 Å². The maximum Gasteiger partial charge on any atom is 0.305 e. The van der Waals surface area contributed by atoms with Crippen LogP contribution in [-0.2, 0) is 19.7 Å². The Balaban J connectivity index is 1.82. The van der Waals surface area contributed by atoms with Gasteiger partial charge in [0.2, 0.25) is 5.91 Å². The molecule has 1 aliphatic carbocycles. The Morgan fingerprint density at radius 1 is 1.32 bits per heavy atom. The number of aliphatic carboxylic acids is 1. The van der Waals surface area contributed by atoms with Gasteiger partial charge in [0.15, 0.2) is 0 Å². The first kappa shape index (κ1) is 15.0. The summed E-state index contributed by atoms with van der Waals surface area (Å²) in [6.45, 7) is 3.29. The van der Waals surface area contributed by atoms with Crippen LogP contribution in [0.15, 0.2) is 24.3 Å². The lowest BCUT2D eigenvalue weighted by molar-refractivity contribution is -0.148. The van der Waals surface area contributed by atoms with Crippen molar-refractivity contribution >= 4 is 11.9 Å². The molecule has 1 amide bonds. The number of hydrogen-bond donors (Lipinski definition) is 1. The van der Waals surface area contributed by atoms with E-state index in [0.717, 1.165) is 18.4 Å². The molecule has 0 unspecified atom stereocenters. The van der Waals surface area contributed by atoms with Gasteiger partial charge in [-0.1, -0.05) is 29.8 Å². The van der Waals surface area contributed by atoms with Crippen LogP contribution in [0.5, 0.6) is 0 Å². The zero-order valence-corrected chi connectivity index (χ0v) is 12.7. The van der Waals surface area contributed by atoms with Crippen LogP contribution in [0, 0.1) is 6.92 Å². The number of carbonyl (C=O) groups excluding carboxylic acids is 1. The molecule has 3 rings (SSSR count). The predicted octanol–water partition coefficient (Wildman–Crippen LogP) is 1.73. The predicted molar refractivity (Wildman–Crippen MR) is 80.7 cm³/mol. The van der Waals surface area contributed by atoms with Crippen LogP contribution in [-0.4, -0.2) is 47.7 Å². The molecule has 0 spiro atoms. The third-order valence-electron chi connectivity index (χ3n) is 4.66. The van der Waals surface area contributed by atoms with Crippen LogP contribution in [0.2, 0.25) is 0 Å². The standard InChI is InChI=1S/C17H21NO4/c1-12-2-4-13(5-3-12)17(6-7-17)16(21)18-8-9-22-11-14(18)10-15(19)20/h2-5,14H,6-11H2,1H3,(H,19,20)/t14-/m0/s1.